The Labute approximate surface area is 143 Å². The number of carbonyl (C=O) groups is 1. The number of anilines is 1. The van der Waals surface area contributed by atoms with E-state index in [-0.39, 0.29) is 11.8 Å². The van der Waals surface area contributed by atoms with Crippen molar-refractivity contribution in [1.29, 1.82) is 0 Å². The molecule has 2 aliphatic heterocycles. The maximum atomic E-state index is 14.5. The van der Waals surface area contributed by atoms with Crippen molar-refractivity contribution in [2.24, 2.45) is 0 Å². The number of halogens is 1. The molecule has 0 saturated carbocycles. The van der Waals surface area contributed by atoms with Crippen LogP contribution in [0.5, 0.6) is 0 Å². The van der Waals surface area contributed by atoms with Gasteiger partial charge in [0, 0.05) is 45.8 Å². The second-order valence-corrected chi connectivity index (χ2v) is 6.56. The first-order valence-corrected chi connectivity index (χ1v) is 8.96. The Bertz CT molecular complexity index is 566. The lowest BCUT2D eigenvalue weighted by Gasteiger charge is -2.35. The van der Waals surface area contributed by atoms with Gasteiger partial charge in [-0.25, -0.2) is 9.18 Å². The Balaban J connectivity index is 1.55. The summed E-state index contributed by atoms with van der Waals surface area (Å²) in [6.07, 6.45) is 2.14. The van der Waals surface area contributed by atoms with Crippen molar-refractivity contribution in [3.63, 3.8) is 0 Å². The van der Waals surface area contributed by atoms with Crippen molar-refractivity contribution >= 4 is 11.7 Å². The highest BCUT2D eigenvalue weighted by atomic mass is 19.1. The van der Waals surface area contributed by atoms with Crippen LogP contribution in [-0.4, -0.2) is 61.6 Å². The molecule has 2 aliphatic rings. The lowest BCUT2D eigenvalue weighted by Crippen LogP contribution is -2.46. The van der Waals surface area contributed by atoms with Crippen LogP contribution in [0.1, 0.15) is 25.3 Å². The second-order valence-electron chi connectivity index (χ2n) is 6.56. The predicted octanol–water partition coefficient (Wildman–Crippen LogP) is 2.27. The zero-order valence-corrected chi connectivity index (χ0v) is 14.4. The van der Waals surface area contributed by atoms with E-state index in [9.17, 15) is 9.18 Å². The molecule has 24 heavy (non-hydrogen) atoms. The van der Waals surface area contributed by atoms with E-state index in [2.05, 4.69) is 22.0 Å². The average molecular weight is 334 g/mol. The molecule has 5 nitrogen and oxygen atoms in total. The van der Waals surface area contributed by atoms with Crippen molar-refractivity contribution < 1.29 is 9.18 Å². The van der Waals surface area contributed by atoms with Gasteiger partial charge in [-0.05, 0) is 37.1 Å². The molecule has 1 aromatic carbocycles. The summed E-state index contributed by atoms with van der Waals surface area (Å²) in [6, 6.07) is 5.25. The molecule has 132 valence electrons. The van der Waals surface area contributed by atoms with Gasteiger partial charge in [-0.1, -0.05) is 13.0 Å². The van der Waals surface area contributed by atoms with Crippen LogP contribution in [0.15, 0.2) is 18.2 Å². The fourth-order valence-electron chi connectivity index (χ4n) is 3.43. The van der Waals surface area contributed by atoms with E-state index >= 15 is 0 Å². The van der Waals surface area contributed by atoms with E-state index in [0.717, 1.165) is 64.2 Å². The summed E-state index contributed by atoms with van der Waals surface area (Å²) in [6.45, 7) is 8.88. The molecule has 1 N–H and O–H groups in total. The zero-order chi connectivity index (χ0) is 16.9. The number of carbonyl (C=O) groups excluding carboxylic acids is 1. The molecule has 2 heterocycles. The topological polar surface area (TPSA) is 38.8 Å². The summed E-state index contributed by atoms with van der Waals surface area (Å²) in [5, 5.41) is 2.88. The van der Waals surface area contributed by atoms with E-state index < -0.39 is 0 Å². The van der Waals surface area contributed by atoms with Crippen LogP contribution in [0, 0.1) is 5.82 Å². The third-order valence-electron chi connectivity index (χ3n) is 5.01. The Kier molecular flexibility index (Phi) is 5.56. The van der Waals surface area contributed by atoms with Gasteiger partial charge in [0.2, 0.25) is 0 Å². The molecular formula is C18H27FN4O. The Morgan fingerprint density at radius 1 is 1.12 bits per heavy atom. The average Bonchev–Trinajstić information content (AvgIpc) is 3.15. The Morgan fingerprint density at radius 3 is 2.46 bits per heavy atom. The molecule has 0 unspecified atom stereocenters. The number of urea groups is 1. The van der Waals surface area contributed by atoms with E-state index in [1.165, 1.54) is 0 Å². The van der Waals surface area contributed by atoms with Crippen LogP contribution in [0.3, 0.4) is 0 Å². The molecule has 3 rings (SSSR count). The minimum Gasteiger partial charge on any atom is -0.367 e. The van der Waals surface area contributed by atoms with Gasteiger partial charge < -0.3 is 20.0 Å². The number of piperazine rings is 1. The third-order valence-corrected chi connectivity index (χ3v) is 5.01. The smallest absolute Gasteiger partial charge is 0.317 e. The van der Waals surface area contributed by atoms with Crippen molar-refractivity contribution in [2.75, 3.05) is 50.7 Å². The van der Waals surface area contributed by atoms with E-state index in [1.807, 2.05) is 17.0 Å². The monoisotopic (exact) mass is 334 g/mol. The summed E-state index contributed by atoms with van der Waals surface area (Å²) >= 11 is 0. The molecule has 0 aliphatic carbocycles. The highest BCUT2D eigenvalue weighted by Crippen LogP contribution is 2.22. The van der Waals surface area contributed by atoms with Gasteiger partial charge in [0.1, 0.15) is 5.82 Å². The first-order chi connectivity index (χ1) is 11.7. The molecular weight excluding hydrogens is 307 g/mol. The highest BCUT2D eigenvalue weighted by Gasteiger charge is 2.19. The number of rotatable bonds is 4. The number of nitrogens with zero attached hydrogens (tertiary/aromatic N) is 3. The number of hydrogen-bond acceptors (Lipinski definition) is 3. The quantitative estimate of drug-likeness (QED) is 0.918. The molecule has 0 aromatic heterocycles. The predicted molar refractivity (Wildman–Crippen MR) is 93.8 cm³/mol. The number of amides is 2. The van der Waals surface area contributed by atoms with Gasteiger partial charge in [0.15, 0.2) is 0 Å². The van der Waals surface area contributed by atoms with Crippen molar-refractivity contribution in [2.45, 2.75) is 26.3 Å². The molecule has 2 amide bonds. The highest BCUT2D eigenvalue weighted by molar-refractivity contribution is 5.74. The van der Waals surface area contributed by atoms with E-state index in [0.29, 0.717) is 12.2 Å². The van der Waals surface area contributed by atoms with Crippen LogP contribution >= 0.6 is 0 Å². The molecule has 0 radical (unpaired) electrons. The normalized spacial score (nSPS) is 18.9. The third kappa shape index (κ3) is 3.98. The molecule has 6 heteroatoms. The fourth-order valence-corrected chi connectivity index (χ4v) is 3.43. The number of hydrogen-bond donors (Lipinski definition) is 1. The lowest BCUT2D eigenvalue weighted by molar-refractivity contribution is 0.208. The van der Waals surface area contributed by atoms with Gasteiger partial charge in [0.05, 0.1) is 5.69 Å². The molecule has 2 fully saturated rings. The van der Waals surface area contributed by atoms with Crippen molar-refractivity contribution in [1.82, 2.24) is 15.1 Å². The van der Waals surface area contributed by atoms with Gasteiger partial charge in [-0.3, -0.25) is 0 Å². The second kappa shape index (κ2) is 7.83. The van der Waals surface area contributed by atoms with E-state index in [1.54, 1.807) is 6.07 Å². The Morgan fingerprint density at radius 2 is 1.83 bits per heavy atom. The van der Waals surface area contributed by atoms with Gasteiger partial charge in [-0.15, -0.1) is 0 Å². The van der Waals surface area contributed by atoms with Crippen LogP contribution in [0.25, 0.3) is 0 Å². The standard InChI is InChI=1S/C18H27FN4O/c1-2-21-9-11-22(12-10-21)17-6-5-15(13-16(17)19)14-20-18(24)23-7-3-4-8-23/h5-6,13H,2-4,7-12,14H2,1H3,(H,20,24). The van der Waals surface area contributed by atoms with Gasteiger partial charge in [0.25, 0.3) is 0 Å². The maximum absolute atomic E-state index is 14.5. The lowest BCUT2D eigenvalue weighted by atomic mass is 10.1. The SMILES string of the molecule is CCN1CCN(c2ccc(CNC(=O)N3CCCC3)cc2F)CC1. The van der Waals surface area contributed by atoms with Crippen LogP contribution in [0.4, 0.5) is 14.9 Å². The van der Waals surface area contributed by atoms with Gasteiger partial charge in [-0.2, -0.15) is 0 Å². The molecule has 0 bridgehead atoms. The molecule has 0 atom stereocenters. The van der Waals surface area contributed by atoms with Crippen molar-refractivity contribution in [3.8, 4) is 0 Å². The summed E-state index contributed by atoms with van der Waals surface area (Å²) < 4.78 is 14.5. The molecule has 2 saturated heterocycles. The molecule has 0 spiro atoms. The maximum Gasteiger partial charge on any atom is 0.317 e. The minimum atomic E-state index is -0.201. The van der Waals surface area contributed by atoms with E-state index in [4.69, 9.17) is 0 Å². The summed E-state index contributed by atoms with van der Waals surface area (Å²) in [7, 11) is 0. The van der Waals surface area contributed by atoms with Crippen LogP contribution < -0.4 is 10.2 Å². The molecule has 1 aromatic rings. The zero-order valence-electron chi connectivity index (χ0n) is 14.4. The minimum absolute atomic E-state index is 0.0485. The Hall–Kier alpha value is -1.82. The number of benzene rings is 1. The first kappa shape index (κ1) is 17.0. The van der Waals surface area contributed by atoms with Crippen LogP contribution in [0.2, 0.25) is 0 Å². The summed E-state index contributed by atoms with van der Waals surface area (Å²) in [5.74, 6) is -0.201. The van der Waals surface area contributed by atoms with Crippen molar-refractivity contribution in [3.05, 3.63) is 29.6 Å². The number of nitrogens with one attached hydrogen (secondary N) is 1. The fraction of sp³-hybridized carbons (Fsp3) is 0.611. The summed E-state index contributed by atoms with van der Waals surface area (Å²) in [5.41, 5.74) is 1.47. The van der Waals surface area contributed by atoms with Gasteiger partial charge >= 0.3 is 6.03 Å². The first-order valence-electron chi connectivity index (χ1n) is 8.96. The van der Waals surface area contributed by atoms with Crippen LogP contribution in [-0.2, 0) is 6.54 Å². The number of likely N-dealkylation sites (N-methyl/N-ethyl adjacent to an activating group) is 1. The number of likely N-dealkylation sites (tertiary alicyclic amines) is 1. The summed E-state index contributed by atoms with van der Waals surface area (Å²) in [4.78, 5) is 18.3. The largest absolute Gasteiger partial charge is 0.367 e.